The zero-order valence-corrected chi connectivity index (χ0v) is 23.4. The number of ether oxygens (including phenoxy) is 2. The molecular formula is C29H37ClN6O2. The van der Waals surface area contributed by atoms with Crippen LogP contribution in [0, 0.1) is 0 Å². The summed E-state index contributed by atoms with van der Waals surface area (Å²) in [4.78, 5) is 14.5. The van der Waals surface area contributed by atoms with Crippen molar-refractivity contribution in [2.45, 2.75) is 38.6 Å². The van der Waals surface area contributed by atoms with E-state index in [1.54, 1.807) is 18.9 Å². The number of rotatable bonds is 9. The number of piperidine rings is 1. The molecule has 1 saturated heterocycles. The molecule has 0 amide bonds. The van der Waals surface area contributed by atoms with Crippen molar-refractivity contribution < 1.29 is 9.47 Å². The Morgan fingerprint density at radius 3 is 2.45 bits per heavy atom. The van der Waals surface area contributed by atoms with Crippen molar-refractivity contribution in [1.82, 2.24) is 24.6 Å². The van der Waals surface area contributed by atoms with Gasteiger partial charge in [-0.3, -0.25) is 9.67 Å². The van der Waals surface area contributed by atoms with Gasteiger partial charge in [0.15, 0.2) is 0 Å². The highest BCUT2D eigenvalue weighted by atomic mass is 35.5. The van der Waals surface area contributed by atoms with Crippen molar-refractivity contribution in [3.05, 3.63) is 55.0 Å². The van der Waals surface area contributed by atoms with Gasteiger partial charge >= 0.3 is 0 Å². The van der Waals surface area contributed by atoms with Crippen molar-refractivity contribution in [2.75, 3.05) is 38.8 Å². The van der Waals surface area contributed by atoms with Crippen LogP contribution in [0.2, 0.25) is 0 Å². The molecule has 5 rings (SSSR count). The molecule has 1 atom stereocenters. The van der Waals surface area contributed by atoms with E-state index in [4.69, 9.17) is 14.5 Å². The van der Waals surface area contributed by atoms with Crippen molar-refractivity contribution >= 4 is 34.8 Å². The molecule has 1 aliphatic rings. The Labute approximate surface area is 231 Å². The minimum atomic E-state index is 0. The van der Waals surface area contributed by atoms with E-state index in [1.165, 1.54) is 25.8 Å². The van der Waals surface area contributed by atoms with Crippen molar-refractivity contribution in [3.8, 4) is 22.8 Å². The zero-order valence-electron chi connectivity index (χ0n) is 22.6. The monoisotopic (exact) mass is 536 g/mol. The maximum absolute atomic E-state index is 5.59. The molecule has 9 heteroatoms. The normalized spacial score (nSPS) is 15.7. The van der Waals surface area contributed by atoms with Gasteiger partial charge in [0.1, 0.15) is 11.5 Å². The zero-order chi connectivity index (χ0) is 25.8. The van der Waals surface area contributed by atoms with Crippen LogP contribution in [-0.4, -0.2) is 64.5 Å². The number of nitrogens with zero attached hydrogens (tertiary/aromatic N) is 6. The van der Waals surface area contributed by atoms with Gasteiger partial charge in [0.2, 0.25) is 0 Å². The average Bonchev–Trinajstić information content (AvgIpc) is 3.37. The van der Waals surface area contributed by atoms with Crippen LogP contribution in [-0.2, 0) is 7.05 Å². The van der Waals surface area contributed by atoms with E-state index in [9.17, 15) is 0 Å². The number of aromatic nitrogens is 4. The molecule has 0 aliphatic carbocycles. The number of benzene rings is 2. The number of methoxy groups -OCH3 is 2. The Morgan fingerprint density at radius 2 is 1.76 bits per heavy atom. The molecule has 202 valence electrons. The van der Waals surface area contributed by atoms with Gasteiger partial charge in [-0.2, -0.15) is 5.10 Å². The molecule has 8 nitrogen and oxygen atoms in total. The fraction of sp³-hybridized carbons (Fsp3) is 0.414. The highest BCUT2D eigenvalue weighted by molar-refractivity contribution is 5.85. The third kappa shape index (κ3) is 6.19. The minimum absolute atomic E-state index is 0. The number of aryl methyl sites for hydroxylation is 1. The summed E-state index contributed by atoms with van der Waals surface area (Å²) >= 11 is 0. The van der Waals surface area contributed by atoms with Gasteiger partial charge in [0, 0.05) is 67.5 Å². The SMILES string of the molecule is COc1cc(OC)cc(N(CCCN2CCCCC2C)c2ccc3ncc(-c4cnn(C)c4)nc3c2)c1.Cl. The Bertz CT molecular complexity index is 1340. The summed E-state index contributed by atoms with van der Waals surface area (Å²) in [6, 6.07) is 13.0. The molecule has 2 aromatic heterocycles. The second-order valence-electron chi connectivity index (χ2n) is 9.79. The average molecular weight is 537 g/mol. The van der Waals surface area contributed by atoms with E-state index in [0.29, 0.717) is 6.04 Å². The van der Waals surface area contributed by atoms with Crippen LogP contribution in [0.4, 0.5) is 11.4 Å². The molecule has 1 fully saturated rings. The van der Waals surface area contributed by atoms with Crippen molar-refractivity contribution in [1.29, 1.82) is 0 Å². The summed E-state index contributed by atoms with van der Waals surface area (Å²) in [6.45, 7) is 5.49. The Morgan fingerprint density at radius 1 is 0.974 bits per heavy atom. The summed E-state index contributed by atoms with van der Waals surface area (Å²) in [7, 11) is 5.28. The van der Waals surface area contributed by atoms with E-state index < -0.39 is 0 Å². The first kappa shape index (κ1) is 27.7. The molecule has 1 unspecified atom stereocenters. The first-order valence-corrected chi connectivity index (χ1v) is 13.0. The van der Waals surface area contributed by atoms with Crippen LogP contribution >= 0.6 is 12.4 Å². The largest absolute Gasteiger partial charge is 0.497 e. The molecule has 38 heavy (non-hydrogen) atoms. The minimum Gasteiger partial charge on any atom is -0.497 e. The number of hydrogen-bond acceptors (Lipinski definition) is 7. The maximum atomic E-state index is 5.59. The van der Waals surface area contributed by atoms with E-state index in [1.807, 2.05) is 37.8 Å². The van der Waals surface area contributed by atoms with Crippen LogP contribution < -0.4 is 14.4 Å². The lowest BCUT2D eigenvalue weighted by Gasteiger charge is -2.34. The lowest BCUT2D eigenvalue weighted by molar-refractivity contribution is 0.160. The molecule has 0 radical (unpaired) electrons. The number of fused-ring (bicyclic) bond motifs is 1. The smallest absolute Gasteiger partial charge is 0.124 e. The van der Waals surface area contributed by atoms with Gasteiger partial charge in [0.05, 0.1) is 43.3 Å². The topological polar surface area (TPSA) is 68.5 Å². The molecule has 1 aliphatic heterocycles. The first-order valence-electron chi connectivity index (χ1n) is 13.0. The molecular weight excluding hydrogens is 500 g/mol. The van der Waals surface area contributed by atoms with Gasteiger partial charge in [0.25, 0.3) is 0 Å². The van der Waals surface area contributed by atoms with Crippen LogP contribution in [0.3, 0.4) is 0 Å². The van der Waals surface area contributed by atoms with Crippen molar-refractivity contribution in [3.63, 3.8) is 0 Å². The van der Waals surface area contributed by atoms with Gasteiger partial charge in [-0.1, -0.05) is 6.42 Å². The van der Waals surface area contributed by atoms with E-state index in [0.717, 1.165) is 64.7 Å². The van der Waals surface area contributed by atoms with Crippen molar-refractivity contribution in [2.24, 2.45) is 7.05 Å². The molecule has 3 heterocycles. The van der Waals surface area contributed by atoms with Gasteiger partial charge in [-0.25, -0.2) is 4.98 Å². The van der Waals surface area contributed by atoms with Crippen LogP contribution in [0.5, 0.6) is 11.5 Å². The Balaban J connectivity index is 0.00000336. The summed E-state index contributed by atoms with van der Waals surface area (Å²) in [5.41, 5.74) is 5.56. The highest BCUT2D eigenvalue weighted by Crippen LogP contribution is 2.34. The summed E-state index contributed by atoms with van der Waals surface area (Å²) in [6.07, 6.45) is 10.6. The van der Waals surface area contributed by atoms with Gasteiger partial charge in [-0.15, -0.1) is 12.4 Å². The Kier molecular flexibility index (Phi) is 9.07. The number of anilines is 2. The van der Waals surface area contributed by atoms with E-state index >= 15 is 0 Å². The fourth-order valence-electron chi connectivity index (χ4n) is 5.14. The number of halogens is 1. The molecule has 0 spiro atoms. The number of hydrogen-bond donors (Lipinski definition) is 0. The van der Waals surface area contributed by atoms with E-state index in [-0.39, 0.29) is 12.4 Å². The quantitative estimate of drug-likeness (QED) is 0.265. The van der Waals surface area contributed by atoms with Crippen LogP contribution in [0.1, 0.15) is 32.6 Å². The van der Waals surface area contributed by atoms with Gasteiger partial charge < -0.3 is 19.3 Å². The standard InChI is InChI=1S/C29H36N6O2.ClH/c1-21-8-5-6-11-34(21)12-7-13-35(24-14-25(36-3)17-26(15-24)37-4)23-9-10-27-28(16-23)32-29(19-30-27)22-18-31-33(2)20-22;/h9-10,14-21H,5-8,11-13H2,1-4H3;1H. The Hall–Kier alpha value is -3.36. The third-order valence-electron chi connectivity index (χ3n) is 7.25. The number of likely N-dealkylation sites (tertiary alicyclic amines) is 1. The van der Waals surface area contributed by atoms with Gasteiger partial charge in [-0.05, 0) is 50.9 Å². The van der Waals surface area contributed by atoms with E-state index in [2.05, 4.69) is 51.1 Å². The molecule has 0 N–H and O–H groups in total. The predicted molar refractivity (Wildman–Crippen MR) is 155 cm³/mol. The second-order valence-corrected chi connectivity index (χ2v) is 9.79. The van der Waals surface area contributed by atoms with Crippen LogP contribution in [0.15, 0.2) is 55.0 Å². The third-order valence-corrected chi connectivity index (χ3v) is 7.25. The molecule has 2 aromatic carbocycles. The summed E-state index contributed by atoms with van der Waals surface area (Å²) in [5, 5.41) is 4.28. The first-order chi connectivity index (χ1) is 18.0. The molecule has 0 bridgehead atoms. The molecule has 4 aromatic rings. The summed E-state index contributed by atoms with van der Waals surface area (Å²) in [5.74, 6) is 1.53. The lowest BCUT2D eigenvalue weighted by atomic mass is 10.0. The second kappa shape index (κ2) is 12.5. The fourth-order valence-corrected chi connectivity index (χ4v) is 5.14. The predicted octanol–water partition coefficient (Wildman–Crippen LogP) is 5.87. The summed E-state index contributed by atoms with van der Waals surface area (Å²) < 4.78 is 13.0. The lowest BCUT2D eigenvalue weighted by Crippen LogP contribution is -2.39. The molecule has 0 saturated carbocycles. The van der Waals surface area contributed by atoms with Crippen LogP contribution in [0.25, 0.3) is 22.3 Å². The highest BCUT2D eigenvalue weighted by Gasteiger charge is 2.19. The maximum Gasteiger partial charge on any atom is 0.124 e.